The molecule has 2 aliphatic rings. The number of hydrogen-bond donors (Lipinski definition) is 1. The Hall–Kier alpha value is -2.83. The van der Waals surface area contributed by atoms with E-state index in [2.05, 4.69) is 28.8 Å². The van der Waals surface area contributed by atoms with Crippen LogP contribution in [0.3, 0.4) is 0 Å². The van der Waals surface area contributed by atoms with Crippen molar-refractivity contribution in [2.45, 2.75) is 31.3 Å². The van der Waals surface area contributed by atoms with Gasteiger partial charge in [0.2, 0.25) is 5.76 Å². The fourth-order valence-electron chi connectivity index (χ4n) is 3.76. The van der Waals surface area contributed by atoms with Crippen LogP contribution in [0.25, 0.3) is 0 Å². The van der Waals surface area contributed by atoms with Crippen LogP contribution in [0.1, 0.15) is 29.2 Å². The molecule has 1 N–H and O–H groups in total. The lowest BCUT2D eigenvalue weighted by atomic mass is 9.70. The van der Waals surface area contributed by atoms with Gasteiger partial charge in [-0.1, -0.05) is 12.2 Å². The highest BCUT2D eigenvalue weighted by molar-refractivity contribution is 5.86. The van der Waals surface area contributed by atoms with Crippen LogP contribution in [0.4, 0.5) is 0 Å². The van der Waals surface area contributed by atoms with Gasteiger partial charge >= 0.3 is 5.97 Å². The number of nitrogens with zero attached hydrogens (tertiary/aromatic N) is 2. The summed E-state index contributed by atoms with van der Waals surface area (Å²) in [6, 6.07) is 7.85. The number of carbonyl (C=O) groups is 1. The predicted molar refractivity (Wildman–Crippen MR) is 89.1 cm³/mol. The quantitative estimate of drug-likeness (QED) is 0.654. The molecule has 128 valence electrons. The summed E-state index contributed by atoms with van der Waals surface area (Å²) in [5.41, 5.74) is -0.581. The van der Waals surface area contributed by atoms with Crippen molar-refractivity contribution in [1.29, 1.82) is 10.5 Å². The zero-order valence-electron chi connectivity index (χ0n) is 14.0. The maximum absolute atomic E-state index is 11.5. The Bertz CT molecular complexity index is 795. The Balaban J connectivity index is 1.96. The van der Waals surface area contributed by atoms with E-state index in [4.69, 9.17) is 4.42 Å². The molecule has 0 unspecified atom stereocenters. The number of nitrogens with one attached hydrogen (secondary N) is 1. The van der Waals surface area contributed by atoms with Gasteiger partial charge in [0.1, 0.15) is 5.76 Å². The lowest BCUT2D eigenvalue weighted by Crippen LogP contribution is -2.43. The molecule has 3 heterocycles. The number of furan rings is 1. The van der Waals surface area contributed by atoms with Gasteiger partial charge in [-0.3, -0.25) is 0 Å². The van der Waals surface area contributed by atoms with Gasteiger partial charge in [-0.05, 0) is 30.5 Å². The second-order valence-corrected chi connectivity index (χ2v) is 6.40. The third-order valence-corrected chi connectivity index (χ3v) is 5.01. The molecular weight excluding hydrogens is 318 g/mol. The third-order valence-electron chi connectivity index (χ3n) is 5.01. The summed E-state index contributed by atoms with van der Waals surface area (Å²) in [5, 5.41) is 23.2. The number of nitriles is 2. The van der Waals surface area contributed by atoms with Crippen molar-refractivity contribution in [3.8, 4) is 12.1 Å². The predicted octanol–water partition coefficient (Wildman–Crippen LogP) is 2.51. The maximum Gasteiger partial charge on any atom is 0.373 e. The first-order valence-electron chi connectivity index (χ1n) is 8.17. The van der Waals surface area contributed by atoms with Crippen LogP contribution in [0.5, 0.6) is 0 Å². The zero-order chi connectivity index (χ0) is 18.0. The minimum atomic E-state index is -1.35. The number of carbonyl (C=O) groups excluding carboxylic acids is 1. The molecule has 0 saturated carbocycles. The maximum atomic E-state index is 11.5. The molecule has 1 fully saturated rings. The van der Waals surface area contributed by atoms with Crippen molar-refractivity contribution in [1.82, 2.24) is 5.32 Å². The molecular formula is C19H19N3O3. The van der Waals surface area contributed by atoms with Crippen molar-refractivity contribution >= 4 is 5.97 Å². The Labute approximate surface area is 146 Å². The smallest absolute Gasteiger partial charge is 0.373 e. The molecule has 0 amide bonds. The lowest BCUT2D eigenvalue weighted by molar-refractivity contribution is 0.0562. The average molecular weight is 337 g/mol. The van der Waals surface area contributed by atoms with E-state index in [-0.39, 0.29) is 30.2 Å². The molecule has 2 aliphatic heterocycles. The Morgan fingerprint density at radius 1 is 1.48 bits per heavy atom. The van der Waals surface area contributed by atoms with E-state index in [1.54, 1.807) is 12.1 Å². The van der Waals surface area contributed by atoms with Crippen LogP contribution in [-0.2, 0) is 11.2 Å². The van der Waals surface area contributed by atoms with Crippen LogP contribution < -0.4 is 5.32 Å². The molecule has 3 atom stereocenters. The molecule has 1 aromatic rings. The Morgan fingerprint density at radius 2 is 2.24 bits per heavy atom. The summed E-state index contributed by atoms with van der Waals surface area (Å²) in [6.07, 6.45) is 5.84. The van der Waals surface area contributed by atoms with Crippen LogP contribution in [0.2, 0.25) is 0 Å². The van der Waals surface area contributed by atoms with Crippen molar-refractivity contribution in [2.75, 3.05) is 7.11 Å². The number of fused-ring (bicyclic) bond motifs is 2. The second kappa shape index (κ2) is 6.58. The normalized spacial score (nSPS) is 24.8. The summed E-state index contributed by atoms with van der Waals surface area (Å²) in [5.74, 6) is -0.207. The van der Waals surface area contributed by atoms with Gasteiger partial charge < -0.3 is 14.5 Å². The lowest BCUT2D eigenvalue weighted by Gasteiger charge is -2.34. The number of methoxy groups -OCH3 is 1. The average Bonchev–Trinajstić information content (AvgIpc) is 3.26. The van der Waals surface area contributed by atoms with Gasteiger partial charge in [0.05, 0.1) is 19.2 Å². The van der Waals surface area contributed by atoms with Crippen molar-refractivity contribution in [3.63, 3.8) is 0 Å². The number of rotatable bonds is 5. The van der Waals surface area contributed by atoms with Crippen LogP contribution in [0, 0.1) is 34.0 Å². The number of esters is 1. The minimum Gasteiger partial charge on any atom is -0.463 e. The fraction of sp³-hybridized carbons (Fsp3) is 0.421. The molecule has 3 rings (SSSR count). The molecule has 2 bridgehead atoms. The van der Waals surface area contributed by atoms with E-state index in [1.165, 1.54) is 13.2 Å². The molecule has 0 aromatic carbocycles. The van der Waals surface area contributed by atoms with Crippen LogP contribution in [-0.4, -0.2) is 25.2 Å². The summed E-state index contributed by atoms with van der Waals surface area (Å²) in [6.45, 7) is 3.89. The topological polar surface area (TPSA) is 99.1 Å². The molecule has 6 heteroatoms. The summed E-state index contributed by atoms with van der Waals surface area (Å²) >= 11 is 0. The summed E-state index contributed by atoms with van der Waals surface area (Å²) in [4.78, 5) is 11.5. The minimum absolute atomic E-state index is 0.0573. The largest absolute Gasteiger partial charge is 0.463 e. The third kappa shape index (κ3) is 2.86. The number of ether oxygens (including phenoxy) is 1. The highest BCUT2D eigenvalue weighted by Crippen LogP contribution is 2.43. The van der Waals surface area contributed by atoms with E-state index in [0.29, 0.717) is 5.76 Å². The highest BCUT2D eigenvalue weighted by atomic mass is 16.5. The number of hydrogen-bond acceptors (Lipinski definition) is 6. The molecule has 0 spiro atoms. The SMILES string of the molecule is C=C[C@@H]1C(C(C#N)(C#N)Cc2ccc(C(=O)OC)o2)=C[C@H]2CC[C@@H]1N2. The Kier molecular flexibility index (Phi) is 4.48. The van der Waals surface area contributed by atoms with Gasteiger partial charge in [0.15, 0.2) is 5.41 Å². The van der Waals surface area contributed by atoms with E-state index in [0.717, 1.165) is 18.4 Å². The van der Waals surface area contributed by atoms with Gasteiger partial charge in [0, 0.05) is 24.4 Å². The molecule has 1 aromatic heterocycles. The first kappa shape index (κ1) is 17.0. The standard InChI is InChI=1S/C19H19N3O3/c1-3-14-15(8-12-4-6-16(14)22-12)19(10-20,11-21)9-13-5-7-17(25-13)18(23)24-2/h3,5,7-8,12,14,16,22H,1,4,6,9H2,2H3/t12-,14-,16+/m1/s1. The van der Waals surface area contributed by atoms with Crippen LogP contribution in [0.15, 0.2) is 40.9 Å². The summed E-state index contributed by atoms with van der Waals surface area (Å²) in [7, 11) is 1.27. The summed E-state index contributed by atoms with van der Waals surface area (Å²) < 4.78 is 10.1. The van der Waals surface area contributed by atoms with Gasteiger partial charge in [0.25, 0.3) is 0 Å². The molecule has 6 nitrogen and oxygen atoms in total. The van der Waals surface area contributed by atoms with E-state index in [9.17, 15) is 15.3 Å². The van der Waals surface area contributed by atoms with E-state index in [1.807, 2.05) is 6.08 Å². The van der Waals surface area contributed by atoms with Crippen LogP contribution >= 0.6 is 0 Å². The molecule has 1 saturated heterocycles. The zero-order valence-corrected chi connectivity index (χ0v) is 14.0. The monoisotopic (exact) mass is 337 g/mol. The van der Waals surface area contributed by atoms with E-state index >= 15 is 0 Å². The molecule has 0 aliphatic carbocycles. The fourth-order valence-corrected chi connectivity index (χ4v) is 3.76. The second-order valence-electron chi connectivity index (χ2n) is 6.40. The first-order chi connectivity index (χ1) is 12.1. The first-order valence-corrected chi connectivity index (χ1v) is 8.17. The van der Waals surface area contributed by atoms with Crippen molar-refractivity contribution in [3.05, 3.63) is 48.0 Å². The van der Waals surface area contributed by atoms with E-state index < -0.39 is 11.4 Å². The van der Waals surface area contributed by atoms with Crippen molar-refractivity contribution in [2.24, 2.45) is 11.3 Å². The molecule has 0 radical (unpaired) electrons. The van der Waals surface area contributed by atoms with Gasteiger partial charge in [-0.2, -0.15) is 10.5 Å². The van der Waals surface area contributed by atoms with Gasteiger partial charge in [-0.25, -0.2) is 4.79 Å². The Morgan fingerprint density at radius 3 is 2.88 bits per heavy atom. The van der Waals surface area contributed by atoms with Gasteiger partial charge in [-0.15, -0.1) is 6.58 Å². The highest BCUT2D eigenvalue weighted by Gasteiger charge is 2.46. The molecule has 25 heavy (non-hydrogen) atoms. The van der Waals surface area contributed by atoms with Crippen molar-refractivity contribution < 1.29 is 13.9 Å².